The summed E-state index contributed by atoms with van der Waals surface area (Å²) in [5.74, 6) is 0.381. The minimum absolute atomic E-state index is 0.140. The van der Waals surface area contributed by atoms with Crippen LogP contribution >= 0.6 is 15.9 Å². The summed E-state index contributed by atoms with van der Waals surface area (Å²) in [6.07, 6.45) is 4.83. The molecule has 3 aliphatic rings. The molecule has 1 unspecified atom stereocenters. The molecular weight excluding hydrogens is 472 g/mol. The van der Waals surface area contributed by atoms with E-state index in [0.717, 1.165) is 51.9 Å². The van der Waals surface area contributed by atoms with Crippen LogP contribution in [-0.4, -0.2) is 65.7 Å². The lowest BCUT2D eigenvalue weighted by molar-refractivity contribution is -0.162. The number of carbonyl (C=O) groups is 1. The average Bonchev–Trinajstić information content (AvgIpc) is 2.82. The van der Waals surface area contributed by atoms with E-state index in [4.69, 9.17) is 9.47 Å². The molecule has 32 heavy (non-hydrogen) atoms. The molecule has 2 fully saturated rings. The average molecular weight is 501 g/mol. The first-order valence-electron chi connectivity index (χ1n) is 11.4. The number of hydrogen-bond acceptors (Lipinski definition) is 6. The van der Waals surface area contributed by atoms with Crippen LogP contribution in [0.4, 0.5) is 0 Å². The number of likely N-dealkylation sites (N-methyl/N-ethyl adjacent to an activating group) is 1. The van der Waals surface area contributed by atoms with E-state index in [1.165, 1.54) is 6.42 Å². The summed E-state index contributed by atoms with van der Waals surface area (Å²) in [4.78, 5) is 17.8. The summed E-state index contributed by atoms with van der Waals surface area (Å²) in [7, 11) is 2.14. The quantitative estimate of drug-likeness (QED) is 0.628. The molecule has 0 bridgehead atoms. The van der Waals surface area contributed by atoms with Gasteiger partial charge in [-0.05, 0) is 54.7 Å². The number of phenols is 1. The summed E-state index contributed by atoms with van der Waals surface area (Å²) in [6, 6.07) is 10.6. The second-order valence-electron chi connectivity index (χ2n) is 9.14. The molecule has 2 aromatic rings. The standard InChI is InChI=1S/C25H29BrN2O4/c1-27-12-14-28(15-13-27)24-25(10-6-3-7-11-25)32-23-21(30)18(16-19(26)22(23)31-24)20(29)17-8-4-2-5-9-17/h2,4-5,8-9,16,24,30H,3,6-7,10-15H2,1H3. The molecule has 0 amide bonds. The highest BCUT2D eigenvalue weighted by Gasteiger charge is 2.51. The van der Waals surface area contributed by atoms with Crippen molar-refractivity contribution in [1.29, 1.82) is 0 Å². The largest absolute Gasteiger partial charge is 0.504 e. The Morgan fingerprint density at radius 3 is 2.44 bits per heavy atom. The lowest BCUT2D eigenvalue weighted by Gasteiger charge is -2.51. The monoisotopic (exact) mass is 500 g/mol. The first kappa shape index (κ1) is 21.7. The van der Waals surface area contributed by atoms with E-state index in [1.54, 1.807) is 18.2 Å². The van der Waals surface area contributed by atoms with Crippen molar-refractivity contribution in [2.75, 3.05) is 33.2 Å². The maximum absolute atomic E-state index is 13.1. The van der Waals surface area contributed by atoms with Gasteiger partial charge in [0.1, 0.15) is 0 Å². The van der Waals surface area contributed by atoms with Gasteiger partial charge >= 0.3 is 0 Å². The Bertz CT molecular complexity index is 999. The zero-order chi connectivity index (χ0) is 22.3. The second-order valence-corrected chi connectivity index (χ2v) is 10.00. The number of piperazine rings is 1. The van der Waals surface area contributed by atoms with Crippen molar-refractivity contribution >= 4 is 21.7 Å². The summed E-state index contributed by atoms with van der Waals surface area (Å²) >= 11 is 3.59. The van der Waals surface area contributed by atoms with Gasteiger partial charge in [0.05, 0.1) is 10.0 Å². The maximum Gasteiger partial charge on any atom is 0.206 e. The normalized spacial score (nSPS) is 23.2. The second kappa shape index (κ2) is 8.69. The number of aromatic hydroxyl groups is 1. The lowest BCUT2D eigenvalue weighted by Crippen LogP contribution is -2.64. The number of phenolic OH excluding ortho intramolecular Hbond substituents is 1. The Hall–Kier alpha value is -2.09. The number of ether oxygens (including phenoxy) is 2. The summed E-state index contributed by atoms with van der Waals surface area (Å²) in [5.41, 5.74) is 0.218. The fraction of sp³-hybridized carbons (Fsp3) is 0.480. The van der Waals surface area contributed by atoms with Crippen LogP contribution in [0, 0.1) is 0 Å². The molecule has 1 saturated heterocycles. The van der Waals surface area contributed by atoms with E-state index in [9.17, 15) is 9.90 Å². The van der Waals surface area contributed by atoms with Crippen LogP contribution in [0.1, 0.15) is 48.0 Å². The van der Waals surface area contributed by atoms with E-state index in [1.807, 2.05) is 18.2 Å². The third-order valence-electron chi connectivity index (χ3n) is 7.00. The van der Waals surface area contributed by atoms with Crippen LogP contribution < -0.4 is 9.47 Å². The topological polar surface area (TPSA) is 62.2 Å². The van der Waals surface area contributed by atoms with Gasteiger partial charge in [0.25, 0.3) is 0 Å². The Labute approximate surface area is 197 Å². The Morgan fingerprint density at radius 2 is 1.75 bits per heavy atom. The predicted octanol–water partition coefficient (Wildman–Crippen LogP) is 4.43. The highest BCUT2D eigenvalue weighted by atomic mass is 79.9. The SMILES string of the molecule is CN1CCN(C2Oc3c(Br)cc(C(=O)c4ccccc4)c(O)c3OC23CCCCC3)CC1. The first-order valence-corrected chi connectivity index (χ1v) is 12.2. The molecule has 2 aliphatic heterocycles. The fourth-order valence-corrected chi connectivity index (χ4v) is 5.66. The zero-order valence-corrected chi connectivity index (χ0v) is 19.9. The molecule has 0 radical (unpaired) electrons. The van der Waals surface area contributed by atoms with Crippen molar-refractivity contribution < 1.29 is 19.4 Å². The Kier molecular flexibility index (Phi) is 5.90. The highest BCUT2D eigenvalue weighted by molar-refractivity contribution is 9.10. The van der Waals surface area contributed by atoms with Gasteiger partial charge in [0.15, 0.2) is 29.1 Å². The van der Waals surface area contributed by atoms with Crippen LogP contribution in [0.3, 0.4) is 0 Å². The molecule has 170 valence electrons. The smallest absolute Gasteiger partial charge is 0.206 e. The number of ketones is 1. The van der Waals surface area contributed by atoms with Crippen LogP contribution in [-0.2, 0) is 0 Å². The van der Waals surface area contributed by atoms with E-state index in [0.29, 0.717) is 15.8 Å². The van der Waals surface area contributed by atoms with Crippen LogP contribution in [0.2, 0.25) is 0 Å². The third-order valence-corrected chi connectivity index (χ3v) is 7.59. The summed E-state index contributed by atoms with van der Waals surface area (Å²) < 4.78 is 13.9. The lowest BCUT2D eigenvalue weighted by atomic mass is 9.81. The Balaban J connectivity index is 1.55. The molecule has 1 aliphatic carbocycles. The minimum atomic E-state index is -0.521. The van der Waals surface area contributed by atoms with E-state index < -0.39 is 5.60 Å². The zero-order valence-electron chi connectivity index (χ0n) is 18.3. The van der Waals surface area contributed by atoms with E-state index in [-0.39, 0.29) is 29.1 Å². The number of carbonyl (C=O) groups excluding carboxylic acids is 1. The van der Waals surface area contributed by atoms with E-state index >= 15 is 0 Å². The number of halogens is 1. The molecule has 1 saturated carbocycles. The number of benzene rings is 2. The summed E-state index contributed by atoms with van der Waals surface area (Å²) in [6.45, 7) is 3.80. The van der Waals surface area contributed by atoms with Crippen molar-refractivity contribution in [1.82, 2.24) is 9.80 Å². The van der Waals surface area contributed by atoms with Crippen LogP contribution in [0.5, 0.6) is 17.2 Å². The van der Waals surface area contributed by atoms with Crippen LogP contribution in [0.15, 0.2) is 40.9 Å². The van der Waals surface area contributed by atoms with Crippen molar-refractivity contribution in [2.24, 2.45) is 0 Å². The Morgan fingerprint density at radius 1 is 1.06 bits per heavy atom. The molecular formula is C25H29BrN2O4. The van der Waals surface area contributed by atoms with Crippen molar-refractivity contribution in [2.45, 2.75) is 43.9 Å². The molecule has 7 heteroatoms. The third kappa shape index (κ3) is 3.80. The molecule has 5 rings (SSSR count). The van der Waals surface area contributed by atoms with Gasteiger partial charge in [-0.25, -0.2) is 0 Å². The number of rotatable bonds is 3. The molecule has 0 aromatic heterocycles. The van der Waals surface area contributed by atoms with Gasteiger partial charge in [-0.2, -0.15) is 0 Å². The van der Waals surface area contributed by atoms with Crippen molar-refractivity contribution in [3.8, 4) is 17.2 Å². The molecule has 1 N–H and O–H groups in total. The maximum atomic E-state index is 13.1. The van der Waals surface area contributed by atoms with Gasteiger partial charge in [-0.15, -0.1) is 0 Å². The fourth-order valence-electron chi connectivity index (χ4n) is 5.16. The number of nitrogens with zero attached hydrogens (tertiary/aromatic N) is 2. The van der Waals surface area contributed by atoms with Crippen LogP contribution in [0.25, 0.3) is 0 Å². The van der Waals surface area contributed by atoms with Crippen molar-refractivity contribution in [3.63, 3.8) is 0 Å². The molecule has 2 heterocycles. The molecule has 1 atom stereocenters. The van der Waals surface area contributed by atoms with Gasteiger partial charge < -0.3 is 19.5 Å². The van der Waals surface area contributed by atoms with Crippen molar-refractivity contribution in [3.05, 3.63) is 52.0 Å². The highest BCUT2D eigenvalue weighted by Crippen LogP contribution is 2.53. The number of fused-ring (bicyclic) bond motifs is 1. The minimum Gasteiger partial charge on any atom is -0.504 e. The van der Waals surface area contributed by atoms with Gasteiger partial charge in [0, 0.05) is 31.7 Å². The molecule has 1 spiro atoms. The predicted molar refractivity (Wildman–Crippen MR) is 126 cm³/mol. The van der Waals surface area contributed by atoms with Gasteiger partial charge in [-0.3, -0.25) is 9.69 Å². The molecule has 2 aromatic carbocycles. The summed E-state index contributed by atoms with van der Waals surface area (Å²) in [5, 5.41) is 11.2. The van der Waals surface area contributed by atoms with E-state index in [2.05, 4.69) is 32.8 Å². The first-order chi connectivity index (χ1) is 15.5. The van der Waals surface area contributed by atoms with Gasteiger partial charge in [0.2, 0.25) is 5.75 Å². The van der Waals surface area contributed by atoms with Gasteiger partial charge in [-0.1, -0.05) is 36.8 Å². The molecule has 6 nitrogen and oxygen atoms in total. The number of hydrogen-bond donors (Lipinski definition) is 1.